The van der Waals surface area contributed by atoms with Crippen LogP contribution < -0.4 is 0 Å². The van der Waals surface area contributed by atoms with Crippen molar-refractivity contribution >= 4 is 5.71 Å². The molecule has 1 fully saturated rings. The maximum absolute atomic E-state index is 6.18. The molecule has 4 heteroatoms. The molecule has 4 rings (SSSR count). The predicted octanol–water partition coefficient (Wildman–Crippen LogP) is 4.10. The van der Waals surface area contributed by atoms with Gasteiger partial charge in [-0.25, -0.2) is 0 Å². The summed E-state index contributed by atoms with van der Waals surface area (Å²) < 4.78 is 5.30. The Hall–Kier alpha value is -1.32. The van der Waals surface area contributed by atoms with Crippen LogP contribution in [0.1, 0.15) is 64.6 Å². The van der Waals surface area contributed by atoms with E-state index in [0.717, 1.165) is 31.4 Å². The SMILES string of the molecule is CC(C)C1(C(C)C)ON=C2[C@H]1CC[C@]21CCCc2conc21. The Balaban J connectivity index is 1.79. The molecule has 0 unspecified atom stereocenters. The van der Waals surface area contributed by atoms with Crippen LogP contribution in [0.4, 0.5) is 0 Å². The van der Waals surface area contributed by atoms with Crippen molar-refractivity contribution in [1.82, 2.24) is 5.16 Å². The molecule has 1 aromatic rings. The molecule has 4 nitrogen and oxygen atoms in total. The van der Waals surface area contributed by atoms with Crippen molar-refractivity contribution in [3.63, 3.8) is 0 Å². The fraction of sp³-hybridized carbons (Fsp3) is 0.778. The van der Waals surface area contributed by atoms with Crippen LogP contribution in [-0.4, -0.2) is 16.5 Å². The highest BCUT2D eigenvalue weighted by Gasteiger charge is 2.63. The fourth-order valence-electron chi connectivity index (χ4n) is 5.47. The highest BCUT2D eigenvalue weighted by molar-refractivity contribution is 6.00. The minimum absolute atomic E-state index is 0.0171. The van der Waals surface area contributed by atoms with E-state index in [1.807, 2.05) is 6.26 Å². The van der Waals surface area contributed by atoms with E-state index in [1.54, 1.807) is 0 Å². The lowest BCUT2D eigenvalue weighted by Gasteiger charge is -2.39. The Labute approximate surface area is 132 Å². The van der Waals surface area contributed by atoms with Crippen molar-refractivity contribution in [1.29, 1.82) is 0 Å². The van der Waals surface area contributed by atoms with Gasteiger partial charge in [0.1, 0.15) is 11.9 Å². The van der Waals surface area contributed by atoms with Gasteiger partial charge in [-0.15, -0.1) is 0 Å². The molecule has 22 heavy (non-hydrogen) atoms. The number of aromatic nitrogens is 1. The molecule has 1 spiro atoms. The number of fused-ring (bicyclic) bond motifs is 4. The second-order valence-electron chi connectivity index (χ2n) is 7.95. The van der Waals surface area contributed by atoms with E-state index in [0.29, 0.717) is 17.8 Å². The van der Waals surface area contributed by atoms with Crippen LogP contribution >= 0.6 is 0 Å². The molecule has 0 N–H and O–H groups in total. The summed E-state index contributed by atoms with van der Waals surface area (Å²) in [5, 5.41) is 9.06. The lowest BCUT2D eigenvalue weighted by atomic mass is 9.66. The average Bonchev–Trinajstić information content (AvgIpc) is 3.15. The van der Waals surface area contributed by atoms with Gasteiger partial charge in [-0.2, -0.15) is 0 Å². The molecule has 0 aromatic carbocycles. The van der Waals surface area contributed by atoms with E-state index in [2.05, 4.69) is 38.0 Å². The van der Waals surface area contributed by atoms with E-state index < -0.39 is 0 Å². The molecular formula is C18H26N2O2. The average molecular weight is 302 g/mol. The summed E-state index contributed by atoms with van der Waals surface area (Å²) in [6, 6.07) is 0. The van der Waals surface area contributed by atoms with E-state index in [9.17, 15) is 0 Å². The summed E-state index contributed by atoms with van der Waals surface area (Å²) in [6.45, 7) is 9.08. The van der Waals surface area contributed by atoms with E-state index in [1.165, 1.54) is 17.7 Å². The molecule has 0 radical (unpaired) electrons. The second kappa shape index (κ2) is 4.59. The summed E-state index contributed by atoms with van der Waals surface area (Å²) in [5.41, 5.74) is 3.51. The van der Waals surface area contributed by atoms with Gasteiger partial charge < -0.3 is 9.36 Å². The number of hydrogen-bond donors (Lipinski definition) is 0. The molecule has 0 saturated heterocycles. The molecular weight excluding hydrogens is 276 g/mol. The van der Waals surface area contributed by atoms with Gasteiger partial charge in [-0.05, 0) is 43.9 Å². The molecule has 3 aliphatic rings. The van der Waals surface area contributed by atoms with Crippen LogP contribution in [0.25, 0.3) is 0 Å². The molecule has 0 amide bonds. The lowest BCUT2D eigenvalue weighted by molar-refractivity contribution is -0.113. The first-order valence-electron chi connectivity index (χ1n) is 8.72. The van der Waals surface area contributed by atoms with Crippen molar-refractivity contribution in [3.8, 4) is 0 Å². The van der Waals surface area contributed by atoms with Crippen LogP contribution in [-0.2, 0) is 16.7 Å². The molecule has 0 bridgehead atoms. The van der Waals surface area contributed by atoms with Crippen molar-refractivity contribution in [2.24, 2.45) is 22.9 Å². The maximum atomic E-state index is 6.18. The van der Waals surface area contributed by atoms with Gasteiger partial charge in [0.15, 0.2) is 0 Å². The first kappa shape index (κ1) is 14.3. The third kappa shape index (κ3) is 1.53. The van der Waals surface area contributed by atoms with Crippen LogP contribution in [0.15, 0.2) is 15.9 Å². The van der Waals surface area contributed by atoms with Crippen molar-refractivity contribution < 1.29 is 9.36 Å². The molecule has 2 aliphatic carbocycles. The first-order chi connectivity index (χ1) is 10.5. The van der Waals surface area contributed by atoms with Crippen molar-refractivity contribution in [2.45, 2.75) is 70.8 Å². The number of rotatable bonds is 2. The Morgan fingerprint density at radius 2 is 1.95 bits per heavy atom. The zero-order valence-electron chi connectivity index (χ0n) is 14.1. The third-order valence-corrected chi connectivity index (χ3v) is 6.48. The van der Waals surface area contributed by atoms with Crippen molar-refractivity contribution in [3.05, 3.63) is 17.5 Å². The summed E-state index contributed by atoms with van der Waals surface area (Å²) in [5.74, 6) is 1.33. The van der Waals surface area contributed by atoms with Crippen LogP contribution in [0.2, 0.25) is 0 Å². The van der Waals surface area contributed by atoms with E-state index in [-0.39, 0.29) is 11.0 Å². The maximum Gasteiger partial charge on any atom is 0.150 e. The molecule has 2 atom stereocenters. The van der Waals surface area contributed by atoms with Gasteiger partial charge in [0, 0.05) is 11.5 Å². The van der Waals surface area contributed by atoms with E-state index >= 15 is 0 Å². The number of aryl methyl sites for hydroxylation is 1. The molecule has 1 saturated carbocycles. The topological polar surface area (TPSA) is 47.6 Å². The predicted molar refractivity (Wildman–Crippen MR) is 84.8 cm³/mol. The normalized spacial score (nSPS) is 32.3. The van der Waals surface area contributed by atoms with Gasteiger partial charge >= 0.3 is 0 Å². The quantitative estimate of drug-likeness (QED) is 0.826. The number of oxime groups is 1. The zero-order chi connectivity index (χ0) is 15.5. The third-order valence-electron chi connectivity index (χ3n) is 6.48. The highest BCUT2D eigenvalue weighted by Crippen LogP contribution is 2.57. The van der Waals surface area contributed by atoms with Gasteiger partial charge in [0.25, 0.3) is 0 Å². The lowest BCUT2D eigenvalue weighted by Crippen LogP contribution is -2.48. The number of nitrogens with zero attached hydrogens (tertiary/aromatic N) is 2. The van der Waals surface area contributed by atoms with Gasteiger partial charge in [0.2, 0.25) is 0 Å². The smallest absolute Gasteiger partial charge is 0.150 e. The molecule has 1 aromatic heterocycles. The monoisotopic (exact) mass is 302 g/mol. The Morgan fingerprint density at radius 1 is 1.18 bits per heavy atom. The minimum atomic E-state index is -0.153. The van der Waals surface area contributed by atoms with Crippen LogP contribution in [0.5, 0.6) is 0 Å². The van der Waals surface area contributed by atoms with Crippen LogP contribution in [0.3, 0.4) is 0 Å². The van der Waals surface area contributed by atoms with Gasteiger partial charge in [0.05, 0.1) is 16.8 Å². The number of hydrogen-bond acceptors (Lipinski definition) is 4. The van der Waals surface area contributed by atoms with Gasteiger partial charge in [-0.3, -0.25) is 0 Å². The van der Waals surface area contributed by atoms with Crippen LogP contribution in [0, 0.1) is 17.8 Å². The largest absolute Gasteiger partial charge is 0.388 e. The van der Waals surface area contributed by atoms with E-state index in [4.69, 9.17) is 9.36 Å². The molecule has 1 aliphatic heterocycles. The summed E-state index contributed by atoms with van der Waals surface area (Å²) in [6.07, 6.45) is 7.53. The minimum Gasteiger partial charge on any atom is -0.388 e. The van der Waals surface area contributed by atoms with Gasteiger partial charge in [-0.1, -0.05) is 38.0 Å². The Morgan fingerprint density at radius 3 is 2.68 bits per heavy atom. The molecule has 120 valence electrons. The van der Waals surface area contributed by atoms with Crippen molar-refractivity contribution in [2.75, 3.05) is 0 Å². The summed E-state index contributed by atoms with van der Waals surface area (Å²) in [7, 11) is 0. The Kier molecular flexibility index (Phi) is 2.98. The zero-order valence-corrected chi connectivity index (χ0v) is 14.1. The summed E-state index contributed by atoms with van der Waals surface area (Å²) in [4.78, 5) is 6.18. The first-order valence-corrected chi connectivity index (χ1v) is 8.72. The molecule has 2 heterocycles. The second-order valence-corrected chi connectivity index (χ2v) is 7.95. The standard InChI is InChI=1S/C18H26N2O2/c1-11(2)18(12(3)4)14-7-9-17(16(14)20-22-18)8-5-6-13-10-21-19-15(13)17/h10-12,14H,5-9H2,1-4H3/t14-,17+/m1/s1. The fourth-order valence-corrected chi connectivity index (χ4v) is 5.47. The highest BCUT2D eigenvalue weighted by atomic mass is 16.7. The summed E-state index contributed by atoms with van der Waals surface area (Å²) >= 11 is 0. The Bertz CT molecular complexity index is 608.